The number of amides is 3. The van der Waals surface area contributed by atoms with Crippen molar-refractivity contribution in [1.29, 1.82) is 0 Å². The van der Waals surface area contributed by atoms with Gasteiger partial charge in [-0.1, -0.05) is 42.5 Å². The minimum atomic E-state index is -1.25. The molecule has 4 N–H and O–H groups in total. The number of rotatable bonds is 8. The summed E-state index contributed by atoms with van der Waals surface area (Å²) in [7, 11) is 0. The summed E-state index contributed by atoms with van der Waals surface area (Å²) >= 11 is 0. The highest BCUT2D eigenvalue weighted by molar-refractivity contribution is 6.11. The molecule has 3 amide bonds. The van der Waals surface area contributed by atoms with Crippen LogP contribution in [-0.4, -0.2) is 63.0 Å². The summed E-state index contributed by atoms with van der Waals surface area (Å²) in [4.78, 5) is 51.2. The van der Waals surface area contributed by atoms with Crippen molar-refractivity contribution in [3.8, 4) is 0 Å². The Morgan fingerprint density at radius 3 is 2.57 bits per heavy atom. The van der Waals surface area contributed by atoms with E-state index in [4.69, 9.17) is 4.74 Å². The molecule has 4 aromatic rings. The maximum atomic E-state index is 14.1. The monoisotopic (exact) mass is 640 g/mol. The number of nitrogens with one attached hydrogen (secondary N) is 2. The van der Waals surface area contributed by atoms with Crippen LogP contribution in [0.2, 0.25) is 0 Å². The minimum Gasteiger partial charge on any atom is -0.465 e. The number of carbonyl (C=O) groups excluding carboxylic acids is 2. The van der Waals surface area contributed by atoms with Crippen LogP contribution in [0.3, 0.4) is 0 Å². The topological polar surface area (TPSA) is 157 Å². The van der Waals surface area contributed by atoms with Gasteiger partial charge in [0.05, 0.1) is 41.4 Å². The molecule has 0 bridgehead atoms. The maximum Gasteiger partial charge on any atom is 0.412 e. The van der Waals surface area contributed by atoms with Crippen molar-refractivity contribution in [3.63, 3.8) is 0 Å². The van der Waals surface area contributed by atoms with Crippen molar-refractivity contribution in [2.75, 3.05) is 28.2 Å². The number of anilines is 3. The van der Waals surface area contributed by atoms with E-state index >= 15 is 0 Å². The molecule has 0 saturated carbocycles. The molecule has 12 heteroatoms. The lowest BCUT2D eigenvalue weighted by atomic mass is 10.0. The van der Waals surface area contributed by atoms with Gasteiger partial charge in [-0.2, -0.15) is 0 Å². The Bertz CT molecular complexity index is 1760. The number of alkyl carbamates (subject to hydrolysis) is 1. The lowest BCUT2D eigenvalue weighted by molar-refractivity contribution is 0.0499. The Labute approximate surface area is 273 Å². The highest BCUT2D eigenvalue weighted by Crippen LogP contribution is 2.32. The van der Waals surface area contributed by atoms with Crippen LogP contribution in [0, 0.1) is 0 Å². The van der Waals surface area contributed by atoms with Gasteiger partial charge in [0.2, 0.25) is 0 Å². The quantitative estimate of drug-likeness (QED) is 0.178. The summed E-state index contributed by atoms with van der Waals surface area (Å²) < 4.78 is 5.44. The molecule has 0 spiro atoms. The van der Waals surface area contributed by atoms with E-state index in [1.54, 1.807) is 43.5 Å². The standard InChI is InChI=1S/C35H40N6O6/c1-22(42)24-12-13-25-18-30(41(34(45)46)20-23-9-6-5-7-10-23)31(38-27(25)17-24)32(43)39-28-19-36-15-14-29(28)40-16-8-11-26(21-40)37-33(44)47-35(2,3)4/h5-7,9-10,12-15,17-19,22,26,42H,8,11,16,20-21H2,1-4H3,(H,37,44)(H,39,43)(H,45,46)/t22?,26-/m0/s1. The Morgan fingerprint density at radius 2 is 1.87 bits per heavy atom. The fraction of sp³-hybridized carbons (Fsp3) is 0.343. The Hall–Kier alpha value is -5.23. The van der Waals surface area contributed by atoms with Crippen molar-refractivity contribution >= 4 is 46.1 Å². The summed E-state index contributed by atoms with van der Waals surface area (Å²) in [5, 5.41) is 27.0. The number of carboxylic acid groups (broad SMARTS) is 1. The molecule has 1 fully saturated rings. The number of aliphatic hydroxyl groups excluding tert-OH is 1. The van der Waals surface area contributed by atoms with Gasteiger partial charge in [0.25, 0.3) is 5.91 Å². The zero-order valence-corrected chi connectivity index (χ0v) is 26.9. The molecule has 1 aliphatic rings. The maximum absolute atomic E-state index is 14.1. The fourth-order valence-corrected chi connectivity index (χ4v) is 5.56. The molecule has 0 aliphatic carbocycles. The van der Waals surface area contributed by atoms with Crippen LogP contribution in [-0.2, 0) is 11.3 Å². The average Bonchev–Trinajstić information content (AvgIpc) is 3.02. The average molecular weight is 641 g/mol. The first-order valence-corrected chi connectivity index (χ1v) is 15.5. The van der Waals surface area contributed by atoms with Crippen LogP contribution < -0.4 is 20.4 Å². The third-order valence-electron chi connectivity index (χ3n) is 7.75. The predicted octanol–water partition coefficient (Wildman–Crippen LogP) is 6.11. The van der Waals surface area contributed by atoms with Crippen molar-refractivity contribution < 1.29 is 29.3 Å². The van der Waals surface area contributed by atoms with Gasteiger partial charge in [-0.15, -0.1) is 0 Å². The number of nitrogens with zero attached hydrogens (tertiary/aromatic N) is 4. The summed E-state index contributed by atoms with van der Waals surface area (Å²) in [5.74, 6) is -0.627. The normalized spacial score (nSPS) is 15.5. The second-order valence-electron chi connectivity index (χ2n) is 12.6. The number of aromatic nitrogens is 2. The van der Waals surface area contributed by atoms with Gasteiger partial charge < -0.3 is 30.5 Å². The van der Waals surface area contributed by atoms with Crippen LogP contribution in [0.5, 0.6) is 0 Å². The Kier molecular flexibility index (Phi) is 9.90. The number of hydrogen-bond acceptors (Lipinski definition) is 8. The molecule has 246 valence electrons. The van der Waals surface area contributed by atoms with E-state index < -0.39 is 29.8 Å². The van der Waals surface area contributed by atoms with Gasteiger partial charge in [0.1, 0.15) is 5.60 Å². The molecule has 0 radical (unpaired) electrons. The third kappa shape index (κ3) is 8.33. The van der Waals surface area contributed by atoms with Crippen molar-refractivity contribution in [1.82, 2.24) is 15.3 Å². The number of pyridine rings is 2. The van der Waals surface area contributed by atoms with Crippen LogP contribution in [0.25, 0.3) is 10.9 Å². The van der Waals surface area contributed by atoms with E-state index in [0.717, 1.165) is 23.3 Å². The molecule has 47 heavy (non-hydrogen) atoms. The summed E-state index contributed by atoms with van der Waals surface area (Å²) in [5.41, 5.74) is 2.27. The zero-order valence-electron chi connectivity index (χ0n) is 26.9. The Morgan fingerprint density at radius 1 is 1.11 bits per heavy atom. The summed E-state index contributed by atoms with van der Waals surface area (Å²) in [6.07, 6.45) is 2.23. The van der Waals surface area contributed by atoms with E-state index in [1.807, 2.05) is 51.1 Å². The van der Waals surface area contributed by atoms with Crippen LogP contribution >= 0.6 is 0 Å². The third-order valence-corrected chi connectivity index (χ3v) is 7.75. The lowest BCUT2D eigenvalue weighted by Gasteiger charge is -2.36. The first kappa shape index (κ1) is 33.1. The zero-order chi connectivity index (χ0) is 33.7. The van der Waals surface area contributed by atoms with E-state index in [9.17, 15) is 24.6 Å². The molecular weight excluding hydrogens is 600 g/mol. The first-order chi connectivity index (χ1) is 22.4. The molecule has 1 saturated heterocycles. The van der Waals surface area contributed by atoms with Crippen LogP contribution in [0.1, 0.15) is 68.3 Å². The highest BCUT2D eigenvalue weighted by Gasteiger charge is 2.28. The van der Waals surface area contributed by atoms with Crippen molar-refractivity contribution in [2.24, 2.45) is 0 Å². The smallest absolute Gasteiger partial charge is 0.412 e. The van der Waals surface area contributed by atoms with Crippen molar-refractivity contribution in [3.05, 3.63) is 89.9 Å². The van der Waals surface area contributed by atoms with Gasteiger partial charge in [-0.3, -0.25) is 14.7 Å². The molecule has 2 aromatic carbocycles. The van der Waals surface area contributed by atoms with Gasteiger partial charge in [0.15, 0.2) is 5.69 Å². The lowest BCUT2D eigenvalue weighted by Crippen LogP contribution is -2.49. The summed E-state index contributed by atoms with van der Waals surface area (Å²) in [6, 6.07) is 17.5. The van der Waals surface area contributed by atoms with Gasteiger partial charge in [-0.05, 0) is 69.9 Å². The van der Waals surface area contributed by atoms with E-state index in [1.165, 1.54) is 6.20 Å². The minimum absolute atomic E-state index is 0.00659. The molecule has 12 nitrogen and oxygen atoms in total. The second-order valence-corrected chi connectivity index (χ2v) is 12.6. The number of carbonyl (C=O) groups is 3. The molecule has 5 rings (SSSR count). The molecule has 1 unspecified atom stereocenters. The number of fused-ring (bicyclic) bond motifs is 1. The van der Waals surface area contributed by atoms with Crippen LogP contribution in [0.4, 0.5) is 26.7 Å². The molecular formula is C35H40N6O6. The number of benzene rings is 2. The number of ether oxygens (including phenoxy) is 1. The fourth-order valence-electron chi connectivity index (χ4n) is 5.56. The summed E-state index contributed by atoms with van der Waals surface area (Å²) in [6.45, 7) is 8.23. The molecule has 2 atom stereocenters. The van der Waals surface area contributed by atoms with Gasteiger partial charge in [0, 0.05) is 30.7 Å². The van der Waals surface area contributed by atoms with Crippen molar-refractivity contribution in [2.45, 2.75) is 64.8 Å². The van der Waals surface area contributed by atoms with E-state index in [2.05, 4.69) is 25.5 Å². The first-order valence-electron chi connectivity index (χ1n) is 15.5. The predicted molar refractivity (Wildman–Crippen MR) is 180 cm³/mol. The number of piperidine rings is 1. The van der Waals surface area contributed by atoms with Crippen LogP contribution in [0.15, 0.2) is 73.1 Å². The van der Waals surface area contributed by atoms with E-state index in [0.29, 0.717) is 40.9 Å². The van der Waals surface area contributed by atoms with Gasteiger partial charge in [-0.25, -0.2) is 14.6 Å². The molecule has 1 aliphatic heterocycles. The molecule has 3 heterocycles. The second kappa shape index (κ2) is 14.0. The SMILES string of the molecule is CC(O)c1ccc2cc(N(Cc3ccccc3)C(=O)O)c(C(=O)Nc3cnccc3N3CCC[C@H](NC(=O)OC(C)(C)C)C3)nc2c1. The largest absolute Gasteiger partial charge is 0.465 e. The molecule has 2 aromatic heterocycles. The number of hydrogen-bond donors (Lipinski definition) is 4. The highest BCUT2D eigenvalue weighted by atomic mass is 16.6. The number of aliphatic hydroxyl groups is 1. The Balaban J connectivity index is 1.48. The van der Waals surface area contributed by atoms with E-state index in [-0.39, 0.29) is 24.0 Å². The van der Waals surface area contributed by atoms with Gasteiger partial charge >= 0.3 is 12.2 Å².